The average Bonchev–Trinajstić information content (AvgIpc) is 2.71. The van der Waals surface area contributed by atoms with Gasteiger partial charge in [-0.05, 0) is 48.7 Å². The van der Waals surface area contributed by atoms with Gasteiger partial charge in [-0.1, -0.05) is 18.2 Å². The summed E-state index contributed by atoms with van der Waals surface area (Å²) in [5, 5.41) is 3.34. The van der Waals surface area contributed by atoms with Gasteiger partial charge in [0.1, 0.15) is 12.4 Å². The molecule has 2 aromatic carbocycles. The number of ether oxygens (including phenoxy) is 3. The summed E-state index contributed by atoms with van der Waals surface area (Å²) in [7, 11) is 7.11. The van der Waals surface area contributed by atoms with Crippen molar-refractivity contribution in [2.75, 3.05) is 48.0 Å². The zero-order valence-electron chi connectivity index (χ0n) is 17.9. The Balaban J connectivity index is 0.00000420. The van der Waals surface area contributed by atoms with Crippen LogP contribution in [-0.4, -0.2) is 58.9 Å². The third-order valence-electron chi connectivity index (χ3n) is 4.40. The number of aliphatic imine (C=N–C) groups is 1. The molecule has 0 spiro atoms. The zero-order valence-corrected chi connectivity index (χ0v) is 20.2. The van der Waals surface area contributed by atoms with Gasteiger partial charge in [0.25, 0.3) is 0 Å². The van der Waals surface area contributed by atoms with Crippen molar-refractivity contribution in [1.82, 2.24) is 10.2 Å². The molecule has 0 radical (unpaired) electrons. The molecule has 2 rings (SSSR count). The van der Waals surface area contributed by atoms with Gasteiger partial charge in [0.2, 0.25) is 0 Å². The van der Waals surface area contributed by atoms with E-state index in [1.165, 1.54) is 11.1 Å². The summed E-state index contributed by atoms with van der Waals surface area (Å²) in [6, 6.07) is 14.1. The molecule has 0 atom stereocenters. The number of aryl methyl sites for hydroxylation is 1. The third kappa shape index (κ3) is 8.00. The number of nitrogens with zero attached hydrogens (tertiary/aromatic N) is 2. The van der Waals surface area contributed by atoms with Crippen molar-refractivity contribution in [3.05, 3.63) is 53.6 Å². The Morgan fingerprint density at radius 1 is 1.07 bits per heavy atom. The Hall–Kier alpha value is -2.16. The highest BCUT2D eigenvalue weighted by molar-refractivity contribution is 14.0. The lowest BCUT2D eigenvalue weighted by atomic mass is 10.1. The van der Waals surface area contributed by atoms with Crippen molar-refractivity contribution in [2.24, 2.45) is 4.99 Å². The highest BCUT2D eigenvalue weighted by Crippen LogP contribution is 2.27. The molecule has 0 saturated heterocycles. The van der Waals surface area contributed by atoms with E-state index in [9.17, 15) is 0 Å². The molecule has 160 valence electrons. The number of benzene rings is 2. The molecule has 1 N–H and O–H groups in total. The van der Waals surface area contributed by atoms with Gasteiger partial charge in [-0.2, -0.15) is 0 Å². The van der Waals surface area contributed by atoms with E-state index in [0.29, 0.717) is 13.2 Å². The van der Waals surface area contributed by atoms with Crippen molar-refractivity contribution in [3.63, 3.8) is 0 Å². The summed E-state index contributed by atoms with van der Waals surface area (Å²) in [6.07, 6.45) is 0.872. The van der Waals surface area contributed by atoms with Gasteiger partial charge in [-0.3, -0.25) is 4.99 Å². The Bertz CT molecular complexity index is 784. The van der Waals surface area contributed by atoms with Crippen molar-refractivity contribution < 1.29 is 14.2 Å². The lowest BCUT2D eigenvalue weighted by Gasteiger charge is -2.22. The van der Waals surface area contributed by atoms with E-state index < -0.39 is 0 Å². The summed E-state index contributed by atoms with van der Waals surface area (Å²) in [6.45, 7) is 4.14. The number of halogens is 1. The van der Waals surface area contributed by atoms with E-state index in [4.69, 9.17) is 14.2 Å². The third-order valence-corrected chi connectivity index (χ3v) is 4.40. The van der Waals surface area contributed by atoms with E-state index in [1.54, 1.807) is 21.3 Å². The van der Waals surface area contributed by atoms with Crippen molar-refractivity contribution in [1.29, 1.82) is 0 Å². The number of methoxy groups -OCH3 is 2. The molecule has 0 bridgehead atoms. The second-order valence-corrected chi connectivity index (χ2v) is 6.50. The molecule has 0 aliphatic carbocycles. The van der Waals surface area contributed by atoms with Crippen LogP contribution in [0.15, 0.2) is 47.5 Å². The van der Waals surface area contributed by atoms with Gasteiger partial charge < -0.3 is 24.4 Å². The molecule has 0 aromatic heterocycles. The van der Waals surface area contributed by atoms with Crippen LogP contribution in [0.5, 0.6) is 17.2 Å². The van der Waals surface area contributed by atoms with Gasteiger partial charge in [-0.25, -0.2) is 0 Å². The number of rotatable bonds is 9. The smallest absolute Gasteiger partial charge is 0.193 e. The molecular weight excluding hydrogens is 481 g/mol. The first-order valence-corrected chi connectivity index (χ1v) is 9.39. The zero-order chi connectivity index (χ0) is 20.4. The number of guanidine groups is 1. The number of hydrogen-bond acceptors (Lipinski definition) is 4. The minimum Gasteiger partial charge on any atom is -0.493 e. The van der Waals surface area contributed by atoms with Gasteiger partial charge in [-0.15, -0.1) is 24.0 Å². The fourth-order valence-electron chi connectivity index (χ4n) is 2.86. The van der Waals surface area contributed by atoms with Crippen LogP contribution in [-0.2, 0) is 6.42 Å². The Kier molecular flexibility index (Phi) is 11.3. The molecule has 0 amide bonds. The van der Waals surface area contributed by atoms with Crippen LogP contribution >= 0.6 is 24.0 Å². The lowest BCUT2D eigenvalue weighted by Crippen LogP contribution is -2.41. The average molecular weight is 513 g/mol. The molecular formula is C22H32IN3O3. The van der Waals surface area contributed by atoms with E-state index in [2.05, 4.69) is 34.3 Å². The van der Waals surface area contributed by atoms with Crippen LogP contribution in [0.2, 0.25) is 0 Å². The molecule has 0 unspecified atom stereocenters. The molecule has 7 heteroatoms. The Morgan fingerprint density at radius 3 is 2.48 bits per heavy atom. The monoisotopic (exact) mass is 513 g/mol. The number of hydrogen-bond donors (Lipinski definition) is 1. The molecule has 0 saturated carbocycles. The Labute approximate surface area is 191 Å². The van der Waals surface area contributed by atoms with E-state index in [0.717, 1.165) is 36.2 Å². The quantitative estimate of drug-likeness (QED) is 0.240. The first-order chi connectivity index (χ1) is 13.6. The van der Waals surface area contributed by atoms with Gasteiger partial charge in [0.05, 0.1) is 20.8 Å². The normalized spacial score (nSPS) is 10.7. The first-order valence-electron chi connectivity index (χ1n) is 9.39. The van der Waals surface area contributed by atoms with Gasteiger partial charge in [0, 0.05) is 20.6 Å². The SMILES string of the molecule is CN=C(NCCOc1cccc(C)c1)N(C)CCc1ccc(OC)c(OC)c1.I. The summed E-state index contributed by atoms with van der Waals surface area (Å²) in [5.74, 6) is 3.22. The maximum absolute atomic E-state index is 5.78. The van der Waals surface area contributed by atoms with E-state index in [1.807, 2.05) is 37.4 Å². The topological polar surface area (TPSA) is 55.3 Å². The van der Waals surface area contributed by atoms with Crippen LogP contribution < -0.4 is 19.5 Å². The second kappa shape index (κ2) is 13.1. The highest BCUT2D eigenvalue weighted by atomic mass is 127. The lowest BCUT2D eigenvalue weighted by molar-refractivity contribution is 0.319. The van der Waals surface area contributed by atoms with Gasteiger partial charge >= 0.3 is 0 Å². The summed E-state index contributed by atoms with van der Waals surface area (Å²) in [5.41, 5.74) is 2.37. The molecule has 0 fully saturated rings. The Morgan fingerprint density at radius 2 is 1.83 bits per heavy atom. The fourth-order valence-corrected chi connectivity index (χ4v) is 2.86. The predicted molar refractivity (Wildman–Crippen MR) is 129 cm³/mol. The molecule has 0 heterocycles. The van der Waals surface area contributed by atoms with Crippen molar-refractivity contribution in [2.45, 2.75) is 13.3 Å². The van der Waals surface area contributed by atoms with Gasteiger partial charge in [0.15, 0.2) is 17.5 Å². The molecule has 0 aliphatic heterocycles. The first kappa shape index (κ1) is 24.9. The fraction of sp³-hybridized carbons (Fsp3) is 0.409. The van der Waals surface area contributed by atoms with Crippen molar-refractivity contribution >= 4 is 29.9 Å². The van der Waals surface area contributed by atoms with Crippen LogP contribution in [0.25, 0.3) is 0 Å². The standard InChI is InChI=1S/C22H31N3O3.HI/c1-17-7-6-8-19(15-17)28-14-12-24-22(23-2)25(3)13-11-18-9-10-20(26-4)21(16-18)27-5;/h6-10,15-16H,11-14H2,1-5H3,(H,23,24);1H. The molecule has 29 heavy (non-hydrogen) atoms. The highest BCUT2D eigenvalue weighted by Gasteiger charge is 2.08. The minimum atomic E-state index is 0. The summed E-state index contributed by atoms with van der Waals surface area (Å²) < 4.78 is 16.4. The maximum atomic E-state index is 5.78. The van der Waals surface area contributed by atoms with Crippen LogP contribution in [0.4, 0.5) is 0 Å². The molecule has 6 nitrogen and oxygen atoms in total. The minimum absolute atomic E-state index is 0. The van der Waals surface area contributed by atoms with Crippen molar-refractivity contribution in [3.8, 4) is 17.2 Å². The predicted octanol–water partition coefficient (Wildman–Crippen LogP) is 3.76. The summed E-state index contributed by atoms with van der Waals surface area (Å²) >= 11 is 0. The van der Waals surface area contributed by atoms with Crippen LogP contribution in [0, 0.1) is 6.92 Å². The largest absolute Gasteiger partial charge is 0.493 e. The second-order valence-electron chi connectivity index (χ2n) is 6.50. The van der Waals surface area contributed by atoms with E-state index >= 15 is 0 Å². The summed E-state index contributed by atoms with van der Waals surface area (Å²) in [4.78, 5) is 6.45. The van der Waals surface area contributed by atoms with Crippen LogP contribution in [0.3, 0.4) is 0 Å². The number of nitrogens with one attached hydrogen (secondary N) is 1. The molecule has 0 aliphatic rings. The maximum Gasteiger partial charge on any atom is 0.193 e. The molecule has 2 aromatic rings. The van der Waals surface area contributed by atoms with E-state index in [-0.39, 0.29) is 24.0 Å². The number of likely N-dealkylation sites (N-methyl/N-ethyl adjacent to an activating group) is 1. The van der Waals surface area contributed by atoms with Crippen LogP contribution in [0.1, 0.15) is 11.1 Å².